The van der Waals surface area contributed by atoms with Crippen LogP contribution in [0, 0.1) is 0 Å². The Morgan fingerprint density at radius 1 is 1.19 bits per heavy atom. The van der Waals surface area contributed by atoms with E-state index < -0.39 is 0 Å². The van der Waals surface area contributed by atoms with Crippen molar-refractivity contribution >= 4 is 46.2 Å². The van der Waals surface area contributed by atoms with Crippen molar-refractivity contribution in [3.05, 3.63) is 64.0 Å². The molecule has 0 saturated carbocycles. The number of amidine groups is 1. The largest absolute Gasteiger partial charge is 0.493 e. The van der Waals surface area contributed by atoms with E-state index in [1.165, 1.54) is 11.8 Å². The van der Waals surface area contributed by atoms with Crippen LogP contribution in [-0.2, 0) is 4.79 Å². The molecule has 6 heteroatoms. The van der Waals surface area contributed by atoms with E-state index in [0.717, 1.165) is 29.8 Å². The number of carbonyl (C=O) groups excluding carboxylic acids is 1. The highest BCUT2D eigenvalue weighted by Gasteiger charge is 2.24. The average molecular weight is 387 g/mol. The second-order valence-corrected chi connectivity index (χ2v) is 7.17. The molecular weight excluding hydrogens is 368 g/mol. The Morgan fingerprint density at radius 2 is 1.96 bits per heavy atom. The van der Waals surface area contributed by atoms with E-state index >= 15 is 0 Å². The number of amides is 1. The molecule has 0 atom stereocenters. The summed E-state index contributed by atoms with van der Waals surface area (Å²) in [5, 5.41) is 3.99. The van der Waals surface area contributed by atoms with E-state index in [2.05, 4.69) is 17.2 Å². The second kappa shape index (κ2) is 8.92. The Bertz CT molecular complexity index is 847. The van der Waals surface area contributed by atoms with Crippen LogP contribution >= 0.6 is 23.4 Å². The number of rotatable bonds is 6. The Kier molecular flexibility index (Phi) is 6.36. The SMILES string of the molecule is CCCCOc1ccccc1/C=C1\SC(=Nc2ccc(Cl)cc2)NC1=O. The number of hydrogen-bond donors (Lipinski definition) is 1. The molecule has 0 aliphatic carbocycles. The molecular formula is C20H19ClN2O2S. The van der Waals surface area contributed by atoms with E-state index in [9.17, 15) is 4.79 Å². The van der Waals surface area contributed by atoms with E-state index in [1.807, 2.05) is 30.3 Å². The molecule has 0 radical (unpaired) electrons. The van der Waals surface area contributed by atoms with Crippen LogP contribution in [0.25, 0.3) is 6.08 Å². The third-order valence-electron chi connectivity index (χ3n) is 3.67. The molecule has 1 aliphatic rings. The zero-order chi connectivity index (χ0) is 18.4. The molecule has 134 valence electrons. The van der Waals surface area contributed by atoms with E-state index in [0.29, 0.717) is 21.7 Å². The van der Waals surface area contributed by atoms with Crippen molar-refractivity contribution in [3.63, 3.8) is 0 Å². The molecule has 26 heavy (non-hydrogen) atoms. The summed E-state index contributed by atoms with van der Waals surface area (Å²) in [5.74, 6) is 0.621. The zero-order valence-electron chi connectivity index (χ0n) is 14.4. The highest BCUT2D eigenvalue weighted by Crippen LogP contribution is 2.30. The smallest absolute Gasteiger partial charge is 0.264 e. The fourth-order valence-electron chi connectivity index (χ4n) is 2.31. The van der Waals surface area contributed by atoms with Gasteiger partial charge in [-0.1, -0.05) is 43.1 Å². The molecule has 0 spiro atoms. The lowest BCUT2D eigenvalue weighted by atomic mass is 10.2. The number of carbonyl (C=O) groups is 1. The lowest BCUT2D eigenvalue weighted by Crippen LogP contribution is -2.19. The normalized spacial score (nSPS) is 16.9. The molecule has 2 aromatic carbocycles. The van der Waals surface area contributed by atoms with Gasteiger partial charge < -0.3 is 10.1 Å². The maximum absolute atomic E-state index is 12.3. The van der Waals surface area contributed by atoms with Crippen LogP contribution in [0.15, 0.2) is 58.4 Å². The highest BCUT2D eigenvalue weighted by atomic mass is 35.5. The van der Waals surface area contributed by atoms with Crippen molar-refractivity contribution in [2.45, 2.75) is 19.8 Å². The number of aliphatic imine (C=N–C) groups is 1. The average Bonchev–Trinajstić information content (AvgIpc) is 2.98. The summed E-state index contributed by atoms with van der Waals surface area (Å²) in [7, 11) is 0. The molecule has 1 aliphatic heterocycles. The molecule has 1 fully saturated rings. The summed E-state index contributed by atoms with van der Waals surface area (Å²) in [6.45, 7) is 2.79. The van der Waals surface area contributed by atoms with Crippen molar-refractivity contribution in [1.82, 2.24) is 5.32 Å². The van der Waals surface area contributed by atoms with Crippen molar-refractivity contribution in [1.29, 1.82) is 0 Å². The van der Waals surface area contributed by atoms with Gasteiger partial charge in [-0.15, -0.1) is 0 Å². The summed E-state index contributed by atoms with van der Waals surface area (Å²) in [4.78, 5) is 17.3. The number of halogens is 1. The summed E-state index contributed by atoms with van der Waals surface area (Å²) in [6.07, 6.45) is 3.91. The fraction of sp³-hybridized carbons (Fsp3) is 0.200. The molecule has 1 N–H and O–H groups in total. The molecule has 1 amide bonds. The minimum atomic E-state index is -0.161. The fourth-order valence-corrected chi connectivity index (χ4v) is 3.27. The number of thioether (sulfide) groups is 1. The maximum Gasteiger partial charge on any atom is 0.264 e. The van der Waals surface area contributed by atoms with Crippen LogP contribution in [0.3, 0.4) is 0 Å². The first-order valence-electron chi connectivity index (χ1n) is 8.42. The Balaban J connectivity index is 1.77. The van der Waals surface area contributed by atoms with Crippen molar-refractivity contribution in [3.8, 4) is 5.75 Å². The molecule has 0 aromatic heterocycles. The third kappa shape index (κ3) is 4.90. The number of nitrogens with one attached hydrogen (secondary N) is 1. The Hall–Kier alpha value is -2.24. The van der Waals surface area contributed by atoms with Gasteiger partial charge in [0.05, 0.1) is 17.2 Å². The van der Waals surface area contributed by atoms with Gasteiger partial charge >= 0.3 is 0 Å². The third-order valence-corrected chi connectivity index (χ3v) is 4.83. The van der Waals surface area contributed by atoms with Crippen LogP contribution in [0.2, 0.25) is 5.02 Å². The molecule has 0 unspecified atom stereocenters. The highest BCUT2D eigenvalue weighted by molar-refractivity contribution is 8.18. The van der Waals surface area contributed by atoms with Gasteiger partial charge in [-0.05, 0) is 54.6 Å². The maximum atomic E-state index is 12.3. The zero-order valence-corrected chi connectivity index (χ0v) is 15.9. The second-order valence-electron chi connectivity index (χ2n) is 5.70. The van der Waals surface area contributed by atoms with E-state index in [1.54, 1.807) is 24.3 Å². The standard InChI is InChI=1S/C20H19ClN2O2S/c1-2-3-12-25-17-7-5-4-6-14(17)13-18-19(24)23-20(26-18)22-16-10-8-15(21)9-11-16/h4-11,13H,2-3,12H2,1H3,(H,22,23,24)/b18-13-. The van der Waals surface area contributed by atoms with Gasteiger partial charge in [0.25, 0.3) is 5.91 Å². The molecule has 1 heterocycles. The molecule has 0 bridgehead atoms. The lowest BCUT2D eigenvalue weighted by Gasteiger charge is -2.08. The number of ether oxygens (including phenoxy) is 1. The van der Waals surface area contributed by atoms with Gasteiger partial charge in [0.1, 0.15) is 5.75 Å². The molecule has 4 nitrogen and oxygen atoms in total. The summed E-state index contributed by atoms with van der Waals surface area (Å²) in [5.41, 5.74) is 1.62. The number of nitrogens with zero attached hydrogens (tertiary/aromatic N) is 1. The minimum Gasteiger partial charge on any atom is -0.493 e. The van der Waals surface area contributed by atoms with Gasteiger partial charge in [-0.25, -0.2) is 4.99 Å². The predicted octanol–water partition coefficient (Wildman–Crippen LogP) is 5.41. The van der Waals surface area contributed by atoms with Gasteiger partial charge in [0, 0.05) is 10.6 Å². The van der Waals surface area contributed by atoms with Gasteiger partial charge in [0.2, 0.25) is 0 Å². The minimum absolute atomic E-state index is 0.161. The first kappa shape index (κ1) is 18.5. The summed E-state index contributed by atoms with van der Waals surface area (Å²) < 4.78 is 5.83. The van der Waals surface area contributed by atoms with Crippen LogP contribution in [0.5, 0.6) is 5.75 Å². The predicted molar refractivity (Wildman–Crippen MR) is 109 cm³/mol. The van der Waals surface area contributed by atoms with Crippen LogP contribution < -0.4 is 10.1 Å². The lowest BCUT2D eigenvalue weighted by molar-refractivity contribution is -0.115. The summed E-state index contributed by atoms with van der Waals surface area (Å²) >= 11 is 7.19. The van der Waals surface area contributed by atoms with Gasteiger partial charge in [-0.2, -0.15) is 0 Å². The first-order chi connectivity index (χ1) is 12.7. The number of benzene rings is 2. The van der Waals surface area contributed by atoms with E-state index in [-0.39, 0.29) is 5.91 Å². The number of unbranched alkanes of at least 4 members (excludes halogenated alkanes) is 1. The molecule has 2 aromatic rings. The van der Waals surface area contributed by atoms with Crippen molar-refractivity contribution in [2.75, 3.05) is 6.61 Å². The first-order valence-corrected chi connectivity index (χ1v) is 9.62. The topological polar surface area (TPSA) is 50.7 Å². The van der Waals surface area contributed by atoms with Crippen molar-refractivity contribution in [2.24, 2.45) is 4.99 Å². The van der Waals surface area contributed by atoms with Crippen LogP contribution in [0.4, 0.5) is 5.69 Å². The van der Waals surface area contributed by atoms with Crippen LogP contribution in [-0.4, -0.2) is 17.7 Å². The Labute approximate surface area is 162 Å². The number of para-hydroxylation sites is 1. The van der Waals surface area contributed by atoms with Crippen LogP contribution in [0.1, 0.15) is 25.3 Å². The van der Waals surface area contributed by atoms with Crippen molar-refractivity contribution < 1.29 is 9.53 Å². The van der Waals surface area contributed by atoms with E-state index in [4.69, 9.17) is 16.3 Å². The van der Waals surface area contributed by atoms with Gasteiger partial charge in [0.15, 0.2) is 5.17 Å². The Morgan fingerprint density at radius 3 is 2.73 bits per heavy atom. The van der Waals surface area contributed by atoms with Gasteiger partial charge in [-0.3, -0.25) is 4.79 Å². The summed E-state index contributed by atoms with van der Waals surface area (Å²) in [6, 6.07) is 14.9. The molecule has 3 rings (SSSR count). The quantitative estimate of drug-likeness (QED) is 0.533. The monoisotopic (exact) mass is 386 g/mol. The number of hydrogen-bond acceptors (Lipinski definition) is 4. The molecule has 1 saturated heterocycles.